The van der Waals surface area contributed by atoms with Gasteiger partial charge in [-0.25, -0.2) is 4.99 Å². The molecule has 8 heteroatoms. The van der Waals surface area contributed by atoms with Gasteiger partial charge < -0.3 is 21.8 Å². The number of hydrogen-bond acceptors (Lipinski definition) is 2. The topological polar surface area (TPSA) is 92.2 Å². The van der Waals surface area contributed by atoms with E-state index in [2.05, 4.69) is 15.3 Å². The molecule has 0 saturated heterocycles. The Labute approximate surface area is 176 Å². The van der Waals surface area contributed by atoms with Gasteiger partial charge in [-0.05, 0) is 54.1 Å². The van der Waals surface area contributed by atoms with Crippen LogP contribution in [0.3, 0.4) is 0 Å². The molecule has 0 aliphatic heterocycles. The first-order chi connectivity index (χ1) is 13.4. The molecule has 3 aromatic carbocycles. The normalized spacial score (nSPS) is 11.1. The number of guanidine groups is 1. The number of nitrogens with one attached hydrogen (secondary N) is 2. The first-order valence-corrected chi connectivity index (χ1v) is 9.55. The van der Waals surface area contributed by atoms with Crippen molar-refractivity contribution in [2.75, 3.05) is 5.32 Å². The zero-order chi connectivity index (χ0) is 19.8. The van der Waals surface area contributed by atoms with Gasteiger partial charge in [-0.3, -0.25) is 0 Å². The molecule has 6 N–H and O–H groups in total. The summed E-state index contributed by atoms with van der Waals surface area (Å²) in [4.78, 5) is 7.60. The minimum atomic E-state index is 0.0372. The monoisotopic (exact) mass is 431 g/mol. The van der Waals surface area contributed by atoms with E-state index in [-0.39, 0.29) is 5.96 Å². The highest BCUT2D eigenvalue weighted by Crippen LogP contribution is 2.34. The lowest BCUT2D eigenvalue weighted by Crippen LogP contribution is -2.22. The van der Waals surface area contributed by atoms with E-state index in [9.17, 15) is 0 Å². The Morgan fingerprint density at radius 3 is 2.46 bits per heavy atom. The maximum Gasteiger partial charge on any atom is 0.186 e. The molecule has 1 heterocycles. The van der Waals surface area contributed by atoms with Crippen LogP contribution in [-0.2, 0) is 6.54 Å². The highest BCUT2D eigenvalue weighted by Gasteiger charge is 2.12. The summed E-state index contributed by atoms with van der Waals surface area (Å²) < 4.78 is 0. The van der Waals surface area contributed by atoms with Gasteiger partial charge in [0.15, 0.2) is 5.96 Å². The summed E-state index contributed by atoms with van der Waals surface area (Å²) in [6.45, 7) is 0.344. The molecule has 1 aromatic heterocycles. The molecule has 0 atom stereocenters. The molecule has 142 valence electrons. The van der Waals surface area contributed by atoms with Crippen molar-refractivity contribution in [3.05, 3.63) is 69.2 Å². The molecule has 4 aromatic rings. The highest BCUT2D eigenvalue weighted by atomic mass is 35.5. The summed E-state index contributed by atoms with van der Waals surface area (Å²) >= 11 is 18.3. The van der Waals surface area contributed by atoms with Crippen molar-refractivity contribution < 1.29 is 0 Å². The van der Waals surface area contributed by atoms with E-state index in [4.69, 9.17) is 46.3 Å². The number of aliphatic imine (C=N–C) groups is 1. The van der Waals surface area contributed by atoms with E-state index >= 15 is 0 Å². The number of benzene rings is 3. The van der Waals surface area contributed by atoms with Crippen molar-refractivity contribution >= 4 is 73.9 Å². The standard InChI is InChI=1S/C20H16Cl3N5/c21-11-1-4-18-14(6-11)15-7-13(27-12-2-3-16(22)17(23)8-12)5-10(19(15)28-18)9-26-20(24)25/h1-8,27-28H,9H2,(H4,24,25,26). The molecular formula is C20H16Cl3N5. The van der Waals surface area contributed by atoms with E-state index < -0.39 is 0 Å². The van der Waals surface area contributed by atoms with Crippen LogP contribution in [0.1, 0.15) is 5.56 Å². The van der Waals surface area contributed by atoms with Gasteiger partial charge in [0.1, 0.15) is 0 Å². The van der Waals surface area contributed by atoms with E-state index in [0.717, 1.165) is 38.7 Å². The molecular weight excluding hydrogens is 417 g/mol. The number of anilines is 2. The van der Waals surface area contributed by atoms with Crippen LogP contribution < -0.4 is 16.8 Å². The van der Waals surface area contributed by atoms with Crippen molar-refractivity contribution in [3.8, 4) is 0 Å². The summed E-state index contributed by atoms with van der Waals surface area (Å²) in [7, 11) is 0. The van der Waals surface area contributed by atoms with Crippen LogP contribution in [0.4, 0.5) is 11.4 Å². The third kappa shape index (κ3) is 3.69. The summed E-state index contributed by atoms with van der Waals surface area (Å²) in [6, 6.07) is 15.2. The maximum atomic E-state index is 6.21. The lowest BCUT2D eigenvalue weighted by atomic mass is 10.1. The van der Waals surface area contributed by atoms with Crippen molar-refractivity contribution in [3.63, 3.8) is 0 Å². The average molecular weight is 433 g/mol. The second kappa shape index (κ2) is 7.43. The molecule has 5 nitrogen and oxygen atoms in total. The second-order valence-electron chi connectivity index (χ2n) is 6.37. The molecule has 0 aliphatic carbocycles. The van der Waals surface area contributed by atoms with Gasteiger partial charge in [0.2, 0.25) is 0 Å². The molecule has 0 bridgehead atoms. The van der Waals surface area contributed by atoms with E-state index in [1.54, 1.807) is 12.1 Å². The number of rotatable bonds is 4. The third-order valence-corrected chi connectivity index (χ3v) is 5.37. The van der Waals surface area contributed by atoms with Crippen LogP contribution in [0.5, 0.6) is 0 Å². The summed E-state index contributed by atoms with van der Waals surface area (Å²) in [6.07, 6.45) is 0. The van der Waals surface area contributed by atoms with Crippen molar-refractivity contribution in [1.82, 2.24) is 4.98 Å². The fourth-order valence-electron chi connectivity index (χ4n) is 3.16. The predicted molar refractivity (Wildman–Crippen MR) is 120 cm³/mol. The number of hydrogen-bond donors (Lipinski definition) is 4. The largest absolute Gasteiger partial charge is 0.370 e. The molecule has 28 heavy (non-hydrogen) atoms. The lowest BCUT2D eigenvalue weighted by Gasteiger charge is -2.10. The first-order valence-electron chi connectivity index (χ1n) is 8.42. The van der Waals surface area contributed by atoms with Gasteiger partial charge in [0.05, 0.1) is 22.1 Å². The van der Waals surface area contributed by atoms with E-state index in [0.29, 0.717) is 21.6 Å². The number of nitrogens with two attached hydrogens (primary N) is 2. The number of halogens is 3. The molecule has 0 aliphatic rings. The first kappa shape index (κ1) is 18.7. The van der Waals surface area contributed by atoms with E-state index in [1.165, 1.54) is 0 Å². The van der Waals surface area contributed by atoms with Gasteiger partial charge in [-0.15, -0.1) is 0 Å². The van der Waals surface area contributed by atoms with Gasteiger partial charge in [-0.2, -0.15) is 0 Å². The Bertz CT molecular complexity index is 1230. The van der Waals surface area contributed by atoms with Crippen LogP contribution in [0.25, 0.3) is 21.8 Å². The maximum absolute atomic E-state index is 6.21. The fourth-order valence-corrected chi connectivity index (χ4v) is 3.63. The average Bonchev–Trinajstić information content (AvgIpc) is 3.01. The minimum absolute atomic E-state index is 0.0372. The Kier molecular flexibility index (Phi) is 4.98. The molecule has 0 saturated carbocycles. The van der Waals surface area contributed by atoms with Crippen LogP contribution in [0.2, 0.25) is 15.1 Å². The molecule has 0 radical (unpaired) electrons. The Balaban J connectivity index is 1.87. The number of aromatic amines is 1. The summed E-state index contributed by atoms with van der Waals surface area (Å²) in [5.41, 5.74) is 15.6. The number of nitrogens with zero attached hydrogens (tertiary/aromatic N) is 1. The molecule has 4 rings (SSSR count). The number of aromatic nitrogens is 1. The van der Waals surface area contributed by atoms with Gasteiger partial charge in [0.25, 0.3) is 0 Å². The highest BCUT2D eigenvalue weighted by molar-refractivity contribution is 6.42. The lowest BCUT2D eigenvalue weighted by molar-refractivity contribution is 1.06. The predicted octanol–water partition coefficient (Wildman–Crippen LogP) is 5.80. The number of fused-ring (bicyclic) bond motifs is 3. The van der Waals surface area contributed by atoms with Crippen LogP contribution in [0, 0.1) is 0 Å². The van der Waals surface area contributed by atoms with Crippen molar-refractivity contribution in [2.45, 2.75) is 6.54 Å². The molecule has 0 amide bonds. The minimum Gasteiger partial charge on any atom is -0.370 e. The van der Waals surface area contributed by atoms with Crippen molar-refractivity contribution in [1.29, 1.82) is 0 Å². The Hall–Kier alpha value is -2.60. The molecule has 0 fully saturated rings. The quantitative estimate of drug-likeness (QED) is 0.242. The van der Waals surface area contributed by atoms with Gasteiger partial charge in [-0.1, -0.05) is 34.8 Å². The molecule has 0 unspecified atom stereocenters. The second-order valence-corrected chi connectivity index (χ2v) is 7.62. The van der Waals surface area contributed by atoms with Gasteiger partial charge in [0, 0.05) is 32.7 Å². The SMILES string of the molecule is NC(N)=NCc1cc(Nc2ccc(Cl)c(Cl)c2)cc2c1[nH]c1ccc(Cl)cc12. The summed E-state index contributed by atoms with van der Waals surface area (Å²) in [5.74, 6) is 0.0372. The zero-order valence-corrected chi connectivity index (χ0v) is 16.8. The Morgan fingerprint density at radius 1 is 0.893 bits per heavy atom. The Morgan fingerprint density at radius 2 is 1.71 bits per heavy atom. The molecule has 0 spiro atoms. The van der Waals surface area contributed by atoms with E-state index in [1.807, 2.05) is 36.4 Å². The zero-order valence-electron chi connectivity index (χ0n) is 14.6. The number of H-pyrrole nitrogens is 1. The van der Waals surface area contributed by atoms with Gasteiger partial charge >= 0.3 is 0 Å². The van der Waals surface area contributed by atoms with Crippen molar-refractivity contribution in [2.24, 2.45) is 16.5 Å². The fraction of sp³-hybridized carbons (Fsp3) is 0.0500. The van der Waals surface area contributed by atoms with Crippen LogP contribution in [-0.4, -0.2) is 10.9 Å². The van der Waals surface area contributed by atoms with Crippen LogP contribution in [0.15, 0.2) is 53.5 Å². The third-order valence-electron chi connectivity index (χ3n) is 4.39. The van der Waals surface area contributed by atoms with Crippen LogP contribution >= 0.6 is 34.8 Å². The summed E-state index contributed by atoms with van der Waals surface area (Å²) in [5, 5.41) is 7.05. The smallest absolute Gasteiger partial charge is 0.186 e.